The van der Waals surface area contributed by atoms with Gasteiger partial charge in [0.2, 0.25) is 0 Å². The van der Waals surface area contributed by atoms with E-state index in [9.17, 15) is 0 Å². The van der Waals surface area contributed by atoms with Gasteiger partial charge in [0.15, 0.2) is 0 Å². The van der Waals surface area contributed by atoms with Crippen LogP contribution < -0.4 is 5.73 Å². The molecule has 2 rings (SSSR count). The van der Waals surface area contributed by atoms with Crippen LogP contribution in [0.2, 0.25) is 0 Å². The first-order chi connectivity index (χ1) is 8.58. The van der Waals surface area contributed by atoms with Crippen molar-refractivity contribution in [3.63, 3.8) is 0 Å². The van der Waals surface area contributed by atoms with Crippen molar-refractivity contribution < 1.29 is 0 Å². The average Bonchev–Trinajstić information content (AvgIpc) is 2.41. The van der Waals surface area contributed by atoms with E-state index in [0.717, 1.165) is 5.92 Å². The molecule has 1 aliphatic carbocycles. The Bertz CT molecular complexity index is 256. The van der Waals surface area contributed by atoms with Gasteiger partial charge in [-0.3, -0.25) is 4.90 Å². The molecule has 106 valence electrons. The number of nitrogens with two attached hydrogens (primary N) is 1. The lowest BCUT2D eigenvalue weighted by Crippen LogP contribution is -2.54. The van der Waals surface area contributed by atoms with E-state index in [2.05, 4.69) is 25.7 Å². The number of rotatable bonds is 3. The standard InChI is InChI=1S/C16H32N2/c1-4-13-6-7-14(17)15(12-13)18-10-8-16(3,5-2)9-11-18/h13-15H,4-12,17H2,1-3H3. The van der Waals surface area contributed by atoms with Gasteiger partial charge < -0.3 is 5.73 Å². The zero-order valence-electron chi connectivity index (χ0n) is 12.6. The Labute approximate surface area is 113 Å². The fraction of sp³-hybridized carbons (Fsp3) is 1.00. The van der Waals surface area contributed by atoms with E-state index in [1.165, 1.54) is 58.0 Å². The highest BCUT2D eigenvalue weighted by molar-refractivity contribution is 4.92. The van der Waals surface area contributed by atoms with E-state index in [0.29, 0.717) is 17.5 Å². The molecule has 0 radical (unpaired) electrons. The highest BCUT2D eigenvalue weighted by atomic mass is 15.2. The predicted molar refractivity (Wildman–Crippen MR) is 78.6 cm³/mol. The van der Waals surface area contributed by atoms with Gasteiger partial charge in [0.1, 0.15) is 0 Å². The van der Waals surface area contributed by atoms with Crippen LogP contribution in [0.3, 0.4) is 0 Å². The lowest BCUT2D eigenvalue weighted by atomic mass is 9.75. The maximum Gasteiger partial charge on any atom is 0.0249 e. The predicted octanol–water partition coefficient (Wildman–Crippen LogP) is 3.40. The SMILES string of the molecule is CCC1CCC(N)C(N2CCC(C)(CC)CC2)C1. The lowest BCUT2D eigenvalue weighted by molar-refractivity contribution is 0.0447. The first-order valence-corrected chi connectivity index (χ1v) is 8.07. The molecule has 3 unspecified atom stereocenters. The van der Waals surface area contributed by atoms with Crippen LogP contribution in [0.25, 0.3) is 0 Å². The Hall–Kier alpha value is -0.0800. The van der Waals surface area contributed by atoms with Crippen LogP contribution in [0.15, 0.2) is 0 Å². The van der Waals surface area contributed by atoms with Gasteiger partial charge in [-0.25, -0.2) is 0 Å². The molecule has 1 saturated carbocycles. The Morgan fingerprint density at radius 3 is 2.39 bits per heavy atom. The quantitative estimate of drug-likeness (QED) is 0.834. The molecule has 18 heavy (non-hydrogen) atoms. The van der Waals surface area contributed by atoms with Gasteiger partial charge in [0, 0.05) is 12.1 Å². The summed E-state index contributed by atoms with van der Waals surface area (Å²) in [4.78, 5) is 2.71. The molecular weight excluding hydrogens is 220 g/mol. The van der Waals surface area contributed by atoms with Crippen molar-refractivity contribution in [1.29, 1.82) is 0 Å². The number of hydrogen-bond donors (Lipinski definition) is 1. The molecule has 0 spiro atoms. The number of piperidine rings is 1. The maximum absolute atomic E-state index is 6.39. The van der Waals surface area contributed by atoms with E-state index >= 15 is 0 Å². The summed E-state index contributed by atoms with van der Waals surface area (Å²) >= 11 is 0. The van der Waals surface area contributed by atoms with Crippen molar-refractivity contribution >= 4 is 0 Å². The van der Waals surface area contributed by atoms with E-state index in [1.807, 2.05) is 0 Å². The van der Waals surface area contributed by atoms with Crippen LogP contribution in [0.4, 0.5) is 0 Å². The van der Waals surface area contributed by atoms with Crippen molar-refractivity contribution in [1.82, 2.24) is 4.90 Å². The Morgan fingerprint density at radius 2 is 1.83 bits per heavy atom. The fourth-order valence-corrected chi connectivity index (χ4v) is 3.79. The van der Waals surface area contributed by atoms with Crippen LogP contribution in [0, 0.1) is 11.3 Å². The molecular formula is C16H32N2. The molecule has 0 aromatic rings. The van der Waals surface area contributed by atoms with E-state index < -0.39 is 0 Å². The molecule has 2 N–H and O–H groups in total. The monoisotopic (exact) mass is 252 g/mol. The molecule has 1 saturated heterocycles. The second-order valence-corrected chi connectivity index (χ2v) is 7.02. The average molecular weight is 252 g/mol. The lowest BCUT2D eigenvalue weighted by Gasteiger charge is -2.46. The van der Waals surface area contributed by atoms with Gasteiger partial charge in [-0.15, -0.1) is 0 Å². The number of nitrogens with zero attached hydrogens (tertiary/aromatic N) is 1. The number of hydrogen-bond acceptors (Lipinski definition) is 2. The third-order valence-electron chi connectivity index (χ3n) is 5.88. The molecule has 0 bridgehead atoms. The minimum Gasteiger partial charge on any atom is -0.326 e. The number of likely N-dealkylation sites (tertiary alicyclic amines) is 1. The van der Waals surface area contributed by atoms with E-state index in [1.54, 1.807) is 0 Å². The summed E-state index contributed by atoms with van der Waals surface area (Å²) in [7, 11) is 0. The topological polar surface area (TPSA) is 29.3 Å². The van der Waals surface area contributed by atoms with E-state index in [-0.39, 0.29) is 0 Å². The summed E-state index contributed by atoms with van der Waals surface area (Å²) in [6.07, 6.45) is 9.34. The molecule has 2 fully saturated rings. The molecule has 0 amide bonds. The van der Waals surface area contributed by atoms with Crippen molar-refractivity contribution in [2.45, 2.75) is 77.8 Å². The smallest absolute Gasteiger partial charge is 0.0249 e. The molecule has 0 aromatic carbocycles. The minimum atomic E-state index is 0.429. The van der Waals surface area contributed by atoms with Crippen molar-refractivity contribution in [2.75, 3.05) is 13.1 Å². The van der Waals surface area contributed by atoms with Crippen LogP contribution in [0.1, 0.15) is 65.7 Å². The maximum atomic E-state index is 6.39. The highest BCUT2D eigenvalue weighted by Crippen LogP contribution is 2.37. The molecule has 1 aliphatic heterocycles. The Morgan fingerprint density at radius 1 is 1.17 bits per heavy atom. The molecule has 0 aromatic heterocycles. The molecule has 2 nitrogen and oxygen atoms in total. The van der Waals surface area contributed by atoms with Gasteiger partial charge in [-0.2, -0.15) is 0 Å². The fourth-order valence-electron chi connectivity index (χ4n) is 3.79. The van der Waals surface area contributed by atoms with Gasteiger partial charge in [-0.05, 0) is 56.5 Å². The second kappa shape index (κ2) is 5.92. The third-order valence-corrected chi connectivity index (χ3v) is 5.88. The zero-order chi connectivity index (χ0) is 13.2. The van der Waals surface area contributed by atoms with Crippen molar-refractivity contribution in [2.24, 2.45) is 17.1 Å². The summed E-state index contributed by atoms with van der Waals surface area (Å²) in [5.74, 6) is 0.925. The second-order valence-electron chi connectivity index (χ2n) is 7.02. The zero-order valence-corrected chi connectivity index (χ0v) is 12.6. The van der Waals surface area contributed by atoms with Crippen LogP contribution >= 0.6 is 0 Å². The molecule has 2 aliphatic rings. The third kappa shape index (κ3) is 3.08. The largest absolute Gasteiger partial charge is 0.326 e. The Balaban J connectivity index is 1.91. The summed E-state index contributed by atoms with van der Waals surface area (Å²) in [6, 6.07) is 1.10. The summed E-state index contributed by atoms with van der Waals surface area (Å²) in [5.41, 5.74) is 6.98. The van der Waals surface area contributed by atoms with Gasteiger partial charge >= 0.3 is 0 Å². The van der Waals surface area contributed by atoms with Gasteiger partial charge in [0.05, 0.1) is 0 Å². The summed E-state index contributed by atoms with van der Waals surface area (Å²) < 4.78 is 0. The normalized spacial score (nSPS) is 37.7. The van der Waals surface area contributed by atoms with Crippen LogP contribution in [0.5, 0.6) is 0 Å². The van der Waals surface area contributed by atoms with E-state index in [4.69, 9.17) is 5.73 Å². The molecule has 3 atom stereocenters. The van der Waals surface area contributed by atoms with Gasteiger partial charge in [0.25, 0.3) is 0 Å². The van der Waals surface area contributed by atoms with Crippen molar-refractivity contribution in [3.05, 3.63) is 0 Å². The van der Waals surface area contributed by atoms with Gasteiger partial charge in [-0.1, -0.05) is 33.6 Å². The van der Waals surface area contributed by atoms with Crippen molar-refractivity contribution in [3.8, 4) is 0 Å². The summed E-state index contributed by atoms with van der Waals surface area (Å²) in [5, 5.41) is 0. The Kier molecular flexibility index (Phi) is 4.71. The van der Waals surface area contributed by atoms with Crippen LogP contribution in [-0.2, 0) is 0 Å². The first kappa shape index (κ1) is 14.3. The van der Waals surface area contributed by atoms with Crippen LogP contribution in [-0.4, -0.2) is 30.1 Å². The molecule has 2 heteroatoms. The minimum absolute atomic E-state index is 0.429. The molecule has 1 heterocycles. The first-order valence-electron chi connectivity index (χ1n) is 8.07. The summed E-state index contributed by atoms with van der Waals surface area (Å²) in [6.45, 7) is 9.69. The highest BCUT2D eigenvalue weighted by Gasteiger charge is 2.36.